The zero-order valence-electron chi connectivity index (χ0n) is 22.9. The molecule has 0 aliphatic carbocycles. The largest absolute Gasteiger partial charge is 0.383 e. The number of nitrogens with zero attached hydrogens (tertiary/aromatic N) is 4. The Hall–Kier alpha value is -4.13. The third-order valence-electron chi connectivity index (χ3n) is 6.76. The van der Waals surface area contributed by atoms with Crippen LogP contribution in [0.25, 0.3) is 21.8 Å². The molecule has 0 amide bonds. The van der Waals surface area contributed by atoms with Crippen molar-refractivity contribution in [3.05, 3.63) is 82.9 Å². The highest BCUT2D eigenvalue weighted by molar-refractivity contribution is 6.35. The fourth-order valence-electron chi connectivity index (χ4n) is 4.64. The van der Waals surface area contributed by atoms with E-state index in [9.17, 15) is 9.65 Å². The molecule has 8 nitrogen and oxygen atoms in total. The van der Waals surface area contributed by atoms with Crippen molar-refractivity contribution in [1.82, 2.24) is 25.9 Å². The first-order valence-electron chi connectivity index (χ1n) is 13.1. The summed E-state index contributed by atoms with van der Waals surface area (Å²) in [6, 6.07) is 15.2. The smallest absolute Gasteiger partial charge is 0.111 e. The number of rotatable bonds is 8. The lowest BCUT2D eigenvalue weighted by Gasteiger charge is -2.24. The molecule has 0 unspecified atom stereocenters. The summed E-state index contributed by atoms with van der Waals surface area (Å²) in [5, 5.41) is 20.8. The molecule has 2 aromatic heterocycles. The zero-order chi connectivity index (χ0) is 28.4. The number of fused-ring (bicyclic) bond motifs is 2. The summed E-state index contributed by atoms with van der Waals surface area (Å²) in [4.78, 5) is 9.01. The number of anilines is 2. The topological polar surface area (TPSA) is 101 Å². The highest BCUT2D eigenvalue weighted by Crippen LogP contribution is 2.37. The molecule has 40 heavy (non-hydrogen) atoms. The van der Waals surface area contributed by atoms with Crippen LogP contribution in [0.4, 0.5) is 15.8 Å². The molecule has 10 heteroatoms. The van der Waals surface area contributed by atoms with Gasteiger partial charge in [-0.1, -0.05) is 50.6 Å². The van der Waals surface area contributed by atoms with E-state index in [1.807, 2.05) is 48.7 Å². The molecule has 0 saturated carbocycles. The van der Waals surface area contributed by atoms with Crippen molar-refractivity contribution in [2.45, 2.75) is 39.8 Å². The normalized spacial score (nSPS) is 14.9. The van der Waals surface area contributed by atoms with E-state index in [0.29, 0.717) is 28.3 Å². The summed E-state index contributed by atoms with van der Waals surface area (Å²) in [5.41, 5.74) is 11.4. The van der Waals surface area contributed by atoms with E-state index >= 15 is 0 Å². The van der Waals surface area contributed by atoms with Crippen molar-refractivity contribution in [1.29, 1.82) is 5.26 Å². The van der Waals surface area contributed by atoms with Gasteiger partial charge in [-0.15, -0.1) is 5.53 Å². The van der Waals surface area contributed by atoms with Gasteiger partial charge >= 0.3 is 0 Å². The van der Waals surface area contributed by atoms with Crippen LogP contribution in [-0.4, -0.2) is 34.2 Å². The second-order valence-electron chi connectivity index (χ2n) is 11.2. The Kier molecular flexibility index (Phi) is 7.66. The van der Waals surface area contributed by atoms with Crippen LogP contribution in [0.3, 0.4) is 0 Å². The predicted octanol–water partition coefficient (Wildman–Crippen LogP) is 6.44. The minimum Gasteiger partial charge on any atom is -0.383 e. The van der Waals surface area contributed by atoms with Crippen LogP contribution in [0.2, 0.25) is 5.02 Å². The van der Waals surface area contributed by atoms with E-state index in [-0.39, 0.29) is 17.5 Å². The van der Waals surface area contributed by atoms with Gasteiger partial charge in [0.15, 0.2) is 0 Å². The third kappa shape index (κ3) is 5.60. The van der Waals surface area contributed by atoms with Gasteiger partial charge in [0.05, 0.1) is 45.1 Å². The Morgan fingerprint density at radius 1 is 1.15 bits per heavy atom. The maximum atomic E-state index is 13.5. The van der Waals surface area contributed by atoms with E-state index in [2.05, 4.69) is 58.4 Å². The molecule has 0 bridgehead atoms. The third-order valence-corrected chi connectivity index (χ3v) is 7.05. The zero-order valence-corrected chi connectivity index (χ0v) is 23.6. The number of nitriles is 1. The lowest BCUT2D eigenvalue weighted by atomic mass is 9.96. The minimum atomic E-state index is -0.506. The molecular formula is C30H32ClFN8. The fraction of sp³-hybridized carbons (Fsp3) is 0.300. The number of hydrogen-bond donors (Lipinski definition) is 4. The number of halogens is 2. The molecule has 4 N–H and O–H groups in total. The number of hydrazine groups is 2. The Bertz CT molecular complexity index is 1620. The molecular weight excluding hydrogens is 527 g/mol. The molecule has 3 heterocycles. The molecule has 1 aliphatic heterocycles. The Morgan fingerprint density at radius 3 is 2.73 bits per heavy atom. The first kappa shape index (κ1) is 27.4. The van der Waals surface area contributed by atoms with Gasteiger partial charge in [-0.2, -0.15) is 5.26 Å². The average molecular weight is 559 g/mol. The maximum absolute atomic E-state index is 13.5. The molecule has 2 aromatic carbocycles. The average Bonchev–Trinajstić information content (AvgIpc) is 3.43. The van der Waals surface area contributed by atoms with Gasteiger partial charge < -0.3 is 16.1 Å². The predicted molar refractivity (Wildman–Crippen MR) is 159 cm³/mol. The van der Waals surface area contributed by atoms with Gasteiger partial charge in [-0.05, 0) is 42.2 Å². The minimum absolute atomic E-state index is 0.00823. The summed E-state index contributed by atoms with van der Waals surface area (Å²) in [5.74, 6) is 0. The standard InChI is InChI=1S/C30H32ClFN8/c1-18(13-32)40-16-26(38-39-40)29(22-7-5-9-25-21(22)8-6-10-34-25)37-20-11-23-27(36-17-30(2,3)4)19(14-33)15-35-28(23)24(31)12-20/h5-12,15-16,18,29,37-39H,13,17H2,1-4H3,(H,35,36)/t18-,29-/m0/s1. The van der Waals surface area contributed by atoms with Crippen LogP contribution in [0.15, 0.2) is 66.8 Å². The van der Waals surface area contributed by atoms with Crippen LogP contribution >= 0.6 is 11.6 Å². The van der Waals surface area contributed by atoms with E-state index < -0.39 is 6.67 Å². The molecule has 4 aromatic rings. The molecule has 0 saturated heterocycles. The monoisotopic (exact) mass is 558 g/mol. The van der Waals surface area contributed by atoms with Gasteiger partial charge in [0.1, 0.15) is 12.7 Å². The molecule has 2 atom stereocenters. The fourth-order valence-corrected chi connectivity index (χ4v) is 4.91. The van der Waals surface area contributed by atoms with Gasteiger partial charge in [0, 0.05) is 41.6 Å². The number of aromatic nitrogens is 2. The highest BCUT2D eigenvalue weighted by atomic mass is 35.5. The van der Waals surface area contributed by atoms with Gasteiger partial charge in [0.2, 0.25) is 0 Å². The van der Waals surface area contributed by atoms with E-state index in [4.69, 9.17) is 11.6 Å². The quantitative estimate of drug-likeness (QED) is 0.196. The van der Waals surface area contributed by atoms with Crippen molar-refractivity contribution >= 4 is 44.8 Å². The van der Waals surface area contributed by atoms with Crippen LogP contribution < -0.4 is 21.6 Å². The Morgan fingerprint density at radius 2 is 1.98 bits per heavy atom. The summed E-state index contributed by atoms with van der Waals surface area (Å²) < 4.78 is 13.5. The lowest BCUT2D eigenvalue weighted by molar-refractivity contribution is 0.178. The highest BCUT2D eigenvalue weighted by Gasteiger charge is 2.26. The van der Waals surface area contributed by atoms with Crippen molar-refractivity contribution in [3.8, 4) is 6.07 Å². The van der Waals surface area contributed by atoms with Crippen LogP contribution in [0.1, 0.15) is 44.9 Å². The van der Waals surface area contributed by atoms with Crippen molar-refractivity contribution < 1.29 is 4.39 Å². The first-order valence-corrected chi connectivity index (χ1v) is 13.5. The second kappa shape index (κ2) is 11.2. The lowest BCUT2D eigenvalue weighted by Crippen LogP contribution is -2.43. The molecule has 5 rings (SSSR count). The van der Waals surface area contributed by atoms with E-state index in [1.165, 1.54) is 0 Å². The molecule has 1 aliphatic rings. The van der Waals surface area contributed by atoms with Crippen LogP contribution in [0.5, 0.6) is 0 Å². The molecule has 0 fully saturated rings. The Labute approximate surface area is 238 Å². The van der Waals surface area contributed by atoms with Gasteiger partial charge in [-0.25, -0.2) is 4.39 Å². The van der Waals surface area contributed by atoms with Crippen molar-refractivity contribution in [2.75, 3.05) is 23.9 Å². The first-order chi connectivity index (χ1) is 19.2. The van der Waals surface area contributed by atoms with E-state index in [1.54, 1.807) is 24.3 Å². The molecule has 0 radical (unpaired) electrons. The second-order valence-corrected chi connectivity index (χ2v) is 11.6. The van der Waals surface area contributed by atoms with Gasteiger partial charge in [0.25, 0.3) is 0 Å². The number of alkyl halides is 1. The molecule has 206 valence electrons. The van der Waals surface area contributed by atoms with Gasteiger partial charge in [-0.3, -0.25) is 15.0 Å². The van der Waals surface area contributed by atoms with Crippen molar-refractivity contribution in [2.24, 2.45) is 5.41 Å². The molecule has 0 spiro atoms. The summed E-state index contributed by atoms with van der Waals surface area (Å²) >= 11 is 6.77. The van der Waals surface area contributed by atoms with Crippen LogP contribution in [0, 0.1) is 16.7 Å². The summed E-state index contributed by atoms with van der Waals surface area (Å²) in [6.07, 6.45) is 5.19. The SMILES string of the molecule is C[C@@H](CF)N1C=C([C@@H](Nc2cc(Cl)c3ncc(C#N)c(NCC(C)(C)C)c3c2)c2cccc3ncccc23)NN1. The number of nitrogens with one attached hydrogen (secondary N) is 4. The van der Waals surface area contributed by atoms with Crippen LogP contribution in [-0.2, 0) is 0 Å². The number of hydrogen-bond acceptors (Lipinski definition) is 8. The summed E-state index contributed by atoms with van der Waals surface area (Å²) in [7, 11) is 0. The number of benzene rings is 2. The van der Waals surface area contributed by atoms with Crippen molar-refractivity contribution in [3.63, 3.8) is 0 Å². The summed E-state index contributed by atoms with van der Waals surface area (Å²) in [6.45, 7) is 8.33. The Balaban J connectivity index is 1.63. The maximum Gasteiger partial charge on any atom is 0.111 e. The van der Waals surface area contributed by atoms with E-state index in [0.717, 1.165) is 33.2 Å². The number of pyridine rings is 2.